The lowest BCUT2D eigenvalue weighted by Crippen LogP contribution is -2.58. The number of nitrogens with one attached hydrogen (secondary N) is 1. The summed E-state index contributed by atoms with van der Waals surface area (Å²) in [5.74, 6) is -1.52. The molecule has 0 spiro atoms. The molecular weight excluding hydrogens is 320 g/mol. The van der Waals surface area contributed by atoms with Crippen LogP contribution in [0.2, 0.25) is 0 Å². The van der Waals surface area contributed by atoms with Crippen molar-refractivity contribution in [1.29, 1.82) is 0 Å². The number of hydrogen-bond donors (Lipinski definition) is 2. The highest BCUT2D eigenvalue weighted by Gasteiger charge is 2.62. The van der Waals surface area contributed by atoms with Gasteiger partial charge in [-0.25, -0.2) is 8.42 Å². The lowest BCUT2D eigenvalue weighted by Gasteiger charge is -2.34. The van der Waals surface area contributed by atoms with Crippen LogP contribution >= 0.6 is 0 Å². The molecule has 1 atom stereocenters. The smallest absolute Gasteiger partial charge is 0.322 e. The van der Waals surface area contributed by atoms with E-state index >= 15 is 0 Å². The van der Waals surface area contributed by atoms with Crippen molar-refractivity contribution in [2.45, 2.75) is 28.5 Å². The van der Waals surface area contributed by atoms with E-state index in [4.69, 9.17) is 5.11 Å². The third-order valence-corrected chi connectivity index (χ3v) is 6.93. The SMILES string of the molecule is O=C(O)[C@@H]1CN(C(=O)C2(S(=O)(=O)c3ccccc3)CC2)CCN1. The van der Waals surface area contributed by atoms with Gasteiger partial charge < -0.3 is 15.3 Å². The molecule has 0 radical (unpaired) electrons. The predicted molar refractivity (Wildman–Crippen MR) is 81.6 cm³/mol. The number of nitrogens with zero attached hydrogens (tertiary/aromatic N) is 1. The number of sulfone groups is 1. The van der Waals surface area contributed by atoms with Crippen molar-refractivity contribution in [3.63, 3.8) is 0 Å². The van der Waals surface area contributed by atoms with Crippen molar-refractivity contribution in [1.82, 2.24) is 10.2 Å². The Morgan fingerprint density at radius 1 is 1.22 bits per heavy atom. The van der Waals surface area contributed by atoms with Crippen molar-refractivity contribution in [3.05, 3.63) is 30.3 Å². The van der Waals surface area contributed by atoms with Crippen LogP contribution in [0.3, 0.4) is 0 Å². The van der Waals surface area contributed by atoms with Crippen LogP contribution in [0.1, 0.15) is 12.8 Å². The van der Waals surface area contributed by atoms with Gasteiger partial charge in [-0.1, -0.05) is 18.2 Å². The Labute approximate surface area is 134 Å². The van der Waals surface area contributed by atoms with Gasteiger partial charge in [0.15, 0.2) is 14.6 Å². The highest BCUT2D eigenvalue weighted by molar-refractivity contribution is 7.94. The van der Waals surface area contributed by atoms with Crippen LogP contribution < -0.4 is 5.32 Å². The Kier molecular flexibility index (Phi) is 3.89. The fourth-order valence-electron chi connectivity index (χ4n) is 2.92. The van der Waals surface area contributed by atoms with Gasteiger partial charge in [0.05, 0.1) is 4.90 Å². The van der Waals surface area contributed by atoms with E-state index in [0.717, 1.165) is 0 Å². The van der Waals surface area contributed by atoms with Crippen molar-refractivity contribution in [2.24, 2.45) is 0 Å². The number of aliphatic carboxylic acids is 1. The Morgan fingerprint density at radius 3 is 2.43 bits per heavy atom. The van der Waals surface area contributed by atoms with Gasteiger partial charge in [-0.15, -0.1) is 0 Å². The van der Waals surface area contributed by atoms with Crippen molar-refractivity contribution >= 4 is 21.7 Å². The molecule has 2 fully saturated rings. The molecule has 1 saturated heterocycles. The molecule has 1 aliphatic heterocycles. The van der Waals surface area contributed by atoms with Crippen molar-refractivity contribution < 1.29 is 23.1 Å². The van der Waals surface area contributed by atoms with Crippen LogP contribution in [0.25, 0.3) is 0 Å². The second-order valence-corrected chi connectivity index (χ2v) is 8.17. The second-order valence-electron chi connectivity index (χ2n) is 5.91. The third-order valence-electron chi connectivity index (χ3n) is 4.42. The number of carbonyl (C=O) groups is 2. The molecule has 1 aromatic carbocycles. The molecule has 3 rings (SSSR count). The number of hydrogen-bond acceptors (Lipinski definition) is 5. The molecule has 1 amide bonds. The minimum absolute atomic E-state index is 0.0137. The Balaban J connectivity index is 1.86. The average Bonchev–Trinajstić information content (AvgIpc) is 3.37. The molecular formula is C15H18N2O5S. The van der Waals surface area contributed by atoms with Crippen molar-refractivity contribution in [2.75, 3.05) is 19.6 Å². The summed E-state index contributed by atoms with van der Waals surface area (Å²) in [4.78, 5) is 25.4. The quantitative estimate of drug-likeness (QED) is 0.793. The first-order valence-corrected chi connectivity index (χ1v) is 8.92. The summed E-state index contributed by atoms with van der Waals surface area (Å²) in [6.07, 6.45) is 0.565. The van der Waals surface area contributed by atoms with Gasteiger partial charge in [0.1, 0.15) is 6.04 Å². The number of rotatable bonds is 4. The van der Waals surface area contributed by atoms with E-state index in [1.165, 1.54) is 17.0 Å². The maximum atomic E-state index is 12.8. The van der Waals surface area contributed by atoms with E-state index in [1.807, 2.05) is 0 Å². The Bertz CT molecular complexity index is 727. The molecule has 8 heteroatoms. The molecule has 124 valence electrons. The van der Waals surface area contributed by atoms with Crippen LogP contribution in [0.4, 0.5) is 0 Å². The van der Waals surface area contributed by atoms with Crippen LogP contribution in [-0.2, 0) is 19.4 Å². The van der Waals surface area contributed by atoms with E-state index in [2.05, 4.69) is 5.32 Å². The molecule has 2 N–H and O–H groups in total. The van der Waals surface area contributed by atoms with Crippen LogP contribution in [-0.4, -0.2) is 60.7 Å². The summed E-state index contributed by atoms with van der Waals surface area (Å²) in [5, 5.41) is 11.9. The fourth-order valence-corrected chi connectivity index (χ4v) is 4.89. The van der Waals surface area contributed by atoms with Gasteiger partial charge in [0.2, 0.25) is 5.91 Å². The Morgan fingerprint density at radius 2 is 1.87 bits per heavy atom. The van der Waals surface area contributed by atoms with E-state index in [-0.39, 0.29) is 24.3 Å². The topological polar surface area (TPSA) is 104 Å². The summed E-state index contributed by atoms with van der Waals surface area (Å²) >= 11 is 0. The molecule has 7 nitrogen and oxygen atoms in total. The van der Waals surface area contributed by atoms with Gasteiger partial charge in [-0.2, -0.15) is 0 Å². The zero-order valence-corrected chi connectivity index (χ0v) is 13.3. The zero-order chi connectivity index (χ0) is 16.7. The van der Waals surface area contributed by atoms with Crippen LogP contribution in [0, 0.1) is 0 Å². The van der Waals surface area contributed by atoms with Gasteiger partial charge in [0.25, 0.3) is 0 Å². The fraction of sp³-hybridized carbons (Fsp3) is 0.467. The molecule has 0 aromatic heterocycles. The minimum atomic E-state index is -3.77. The largest absolute Gasteiger partial charge is 0.480 e. The van der Waals surface area contributed by atoms with Crippen LogP contribution in [0.5, 0.6) is 0 Å². The number of carbonyl (C=O) groups excluding carboxylic acids is 1. The normalized spacial score (nSPS) is 23.3. The van der Waals surface area contributed by atoms with Gasteiger partial charge >= 0.3 is 5.97 Å². The lowest BCUT2D eigenvalue weighted by molar-refractivity contribution is -0.142. The second kappa shape index (κ2) is 5.61. The lowest BCUT2D eigenvalue weighted by atomic mass is 10.2. The molecule has 0 unspecified atom stereocenters. The van der Waals surface area contributed by atoms with E-state index in [0.29, 0.717) is 13.1 Å². The van der Waals surface area contributed by atoms with E-state index in [9.17, 15) is 18.0 Å². The molecule has 1 saturated carbocycles. The maximum absolute atomic E-state index is 12.8. The molecule has 0 bridgehead atoms. The molecule has 1 aromatic rings. The summed E-state index contributed by atoms with van der Waals surface area (Å²) in [6, 6.07) is 7.08. The summed E-state index contributed by atoms with van der Waals surface area (Å²) in [6.45, 7) is 0.638. The monoisotopic (exact) mass is 338 g/mol. The van der Waals surface area contributed by atoms with E-state index < -0.39 is 32.5 Å². The number of benzene rings is 1. The summed E-state index contributed by atoms with van der Waals surface area (Å²) in [7, 11) is -3.77. The number of amides is 1. The highest BCUT2D eigenvalue weighted by Crippen LogP contribution is 2.48. The first-order chi connectivity index (χ1) is 10.9. The zero-order valence-electron chi connectivity index (χ0n) is 12.4. The first kappa shape index (κ1) is 15.9. The standard InChI is InChI=1S/C15H18N2O5S/c18-13(19)12-10-17(9-8-16-12)14(20)15(6-7-15)23(21,22)11-4-2-1-3-5-11/h1-5,12,16H,6-10H2,(H,18,19)/t12-/m0/s1. The van der Waals surface area contributed by atoms with Crippen molar-refractivity contribution in [3.8, 4) is 0 Å². The number of piperazine rings is 1. The molecule has 1 heterocycles. The van der Waals surface area contributed by atoms with Gasteiger partial charge in [-0.05, 0) is 25.0 Å². The summed E-state index contributed by atoms with van der Waals surface area (Å²) in [5.41, 5.74) is 0. The van der Waals surface area contributed by atoms with Crippen LogP contribution in [0.15, 0.2) is 35.2 Å². The Hall–Kier alpha value is -1.93. The maximum Gasteiger partial charge on any atom is 0.322 e. The van der Waals surface area contributed by atoms with E-state index in [1.54, 1.807) is 18.2 Å². The third kappa shape index (κ3) is 2.61. The molecule has 23 heavy (non-hydrogen) atoms. The van der Waals surface area contributed by atoms with Gasteiger partial charge in [-0.3, -0.25) is 9.59 Å². The summed E-state index contributed by atoms with van der Waals surface area (Å²) < 4.78 is 24.3. The number of carboxylic acids is 1. The highest BCUT2D eigenvalue weighted by atomic mass is 32.2. The molecule has 2 aliphatic rings. The first-order valence-electron chi connectivity index (χ1n) is 7.44. The average molecular weight is 338 g/mol. The molecule has 1 aliphatic carbocycles. The van der Waals surface area contributed by atoms with Gasteiger partial charge in [0, 0.05) is 19.6 Å². The minimum Gasteiger partial charge on any atom is -0.480 e. The predicted octanol–water partition coefficient (Wildman–Crippen LogP) is -0.122. The number of carboxylic acid groups (broad SMARTS) is 1.